The van der Waals surface area contributed by atoms with Gasteiger partial charge < -0.3 is 15.3 Å². The number of likely N-dealkylation sites (tertiary alicyclic amines) is 1. The van der Waals surface area contributed by atoms with E-state index < -0.39 is 11.9 Å². The van der Waals surface area contributed by atoms with Crippen LogP contribution in [0.1, 0.15) is 46.5 Å². The van der Waals surface area contributed by atoms with E-state index in [9.17, 15) is 9.59 Å². The molecule has 1 saturated heterocycles. The fraction of sp³-hybridized carbons (Fsp3) is 0.857. The van der Waals surface area contributed by atoms with E-state index in [4.69, 9.17) is 5.11 Å². The molecule has 2 N–H and O–H groups in total. The number of carbonyl (C=O) groups excluding carboxylic acids is 1. The molecule has 1 rings (SSSR count). The first-order chi connectivity index (χ1) is 8.82. The van der Waals surface area contributed by atoms with Crippen LogP contribution in [-0.2, 0) is 4.79 Å². The summed E-state index contributed by atoms with van der Waals surface area (Å²) in [7, 11) is 0. The molecule has 5 heteroatoms. The third kappa shape index (κ3) is 5.49. The summed E-state index contributed by atoms with van der Waals surface area (Å²) in [6, 6.07) is -0.0599. The van der Waals surface area contributed by atoms with Gasteiger partial charge in [-0.25, -0.2) is 4.79 Å². The maximum atomic E-state index is 12.0. The van der Waals surface area contributed by atoms with Gasteiger partial charge in [-0.05, 0) is 31.1 Å². The summed E-state index contributed by atoms with van der Waals surface area (Å²) >= 11 is 0. The van der Waals surface area contributed by atoms with E-state index in [2.05, 4.69) is 19.2 Å². The number of amides is 2. The number of hydrogen-bond acceptors (Lipinski definition) is 2. The predicted octanol–water partition coefficient (Wildman–Crippen LogP) is 2.32. The Balaban J connectivity index is 2.31. The quantitative estimate of drug-likeness (QED) is 0.823. The lowest BCUT2D eigenvalue weighted by Gasteiger charge is -2.23. The number of nitrogens with zero attached hydrogens (tertiary/aromatic N) is 1. The van der Waals surface area contributed by atoms with Crippen molar-refractivity contribution in [1.82, 2.24) is 10.2 Å². The van der Waals surface area contributed by atoms with Crippen molar-refractivity contribution in [3.05, 3.63) is 0 Å². The van der Waals surface area contributed by atoms with Gasteiger partial charge in [0.05, 0.1) is 5.92 Å². The zero-order chi connectivity index (χ0) is 14.5. The second kappa shape index (κ2) is 6.78. The minimum absolute atomic E-state index is 0.0599. The first-order valence-electron chi connectivity index (χ1n) is 7.07. The molecule has 1 aliphatic rings. The summed E-state index contributed by atoms with van der Waals surface area (Å²) in [5.41, 5.74) is 0.312. The number of aliphatic carboxylic acids is 1. The number of urea groups is 1. The molecule has 1 unspecified atom stereocenters. The highest BCUT2D eigenvalue weighted by molar-refractivity contribution is 5.74. The molecule has 19 heavy (non-hydrogen) atoms. The molecule has 0 spiro atoms. The van der Waals surface area contributed by atoms with Crippen LogP contribution in [0.2, 0.25) is 0 Å². The van der Waals surface area contributed by atoms with Crippen molar-refractivity contribution in [2.45, 2.75) is 46.5 Å². The largest absolute Gasteiger partial charge is 0.481 e. The molecule has 0 aromatic carbocycles. The molecule has 0 saturated carbocycles. The van der Waals surface area contributed by atoms with E-state index in [-0.39, 0.29) is 6.03 Å². The van der Waals surface area contributed by atoms with Gasteiger partial charge in [0.25, 0.3) is 0 Å². The maximum absolute atomic E-state index is 12.0. The second-order valence-corrected chi connectivity index (χ2v) is 6.26. The molecule has 2 amide bonds. The van der Waals surface area contributed by atoms with Gasteiger partial charge in [-0.15, -0.1) is 0 Å². The molecule has 0 aromatic rings. The van der Waals surface area contributed by atoms with Crippen molar-refractivity contribution in [1.29, 1.82) is 0 Å². The Morgan fingerprint density at radius 2 is 2.00 bits per heavy atom. The Morgan fingerprint density at radius 3 is 2.63 bits per heavy atom. The van der Waals surface area contributed by atoms with Crippen LogP contribution in [0.4, 0.5) is 4.79 Å². The molecular weight excluding hydrogens is 244 g/mol. The lowest BCUT2D eigenvalue weighted by atomic mass is 9.85. The lowest BCUT2D eigenvalue weighted by Crippen LogP contribution is -2.41. The molecule has 1 fully saturated rings. The van der Waals surface area contributed by atoms with Crippen LogP contribution in [0.3, 0.4) is 0 Å². The number of hydrogen-bond donors (Lipinski definition) is 2. The summed E-state index contributed by atoms with van der Waals surface area (Å²) in [4.78, 5) is 24.5. The van der Waals surface area contributed by atoms with Crippen LogP contribution in [0, 0.1) is 11.3 Å². The summed E-state index contributed by atoms with van der Waals surface area (Å²) in [5.74, 6) is -1.23. The molecule has 5 nitrogen and oxygen atoms in total. The molecule has 1 aliphatic heterocycles. The van der Waals surface area contributed by atoms with Crippen molar-refractivity contribution >= 4 is 12.0 Å². The van der Waals surface area contributed by atoms with E-state index in [0.717, 1.165) is 32.4 Å². The highest BCUT2D eigenvalue weighted by Crippen LogP contribution is 2.29. The monoisotopic (exact) mass is 270 g/mol. The SMILES string of the molecule is CC(CCNC(=O)N1CCCC(C)(C)CC1)C(=O)O. The van der Waals surface area contributed by atoms with Gasteiger partial charge in [0, 0.05) is 19.6 Å². The first-order valence-corrected chi connectivity index (χ1v) is 7.07. The van der Waals surface area contributed by atoms with Gasteiger partial charge in [0.15, 0.2) is 0 Å². The molecule has 0 aromatic heterocycles. The minimum Gasteiger partial charge on any atom is -0.481 e. The minimum atomic E-state index is -0.814. The molecule has 0 radical (unpaired) electrons. The Bertz CT molecular complexity index is 329. The maximum Gasteiger partial charge on any atom is 0.317 e. The van der Waals surface area contributed by atoms with Gasteiger partial charge in [-0.2, -0.15) is 0 Å². The standard InChI is InChI=1S/C14H26N2O3/c1-11(12(17)18)5-8-15-13(19)16-9-4-6-14(2,3)7-10-16/h11H,4-10H2,1-3H3,(H,15,19)(H,17,18). The van der Waals surface area contributed by atoms with Crippen molar-refractivity contribution < 1.29 is 14.7 Å². The fourth-order valence-corrected chi connectivity index (χ4v) is 2.26. The summed E-state index contributed by atoms with van der Waals surface area (Å²) in [5, 5.41) is 11.6. The van der Waals surface area contributed by atoms with E-state index in [1.54, 1.807) is 6.92 Å². The van der Waals surface area contributed by atoms with Gasteiger partial charge in [-0.3, -0.25) is 4.79 Å². The van der Waals surface area contributed by atoms with Crippen molar-refractivity contribution in [3.63, 3.8) is 0 Å². The van der Waals surface area contributed by atoms with Crippen LogP contribution in [0.15, 0.2) is 0 Å². The van der Waals surface area contributed by atoms with Crippen LogP contribution in [0.25, 0.3) is 0 Å². The topological polar surface area (TPSA) is 69.6 Å². The van der Waals surface area contributed by atoms with Crippen LogP contribution in [0.5, 0.6) is 0 Å². The third-order valence-electron chi connectivity index (χ3n) is 3.90. The molecule has 0 bridgehead atoms. The van der Waals surface area contributed by atoms with E-state index in [1.165, 1.54) is 0 Å². The fourth-order valence-electron chi connectivity index (χ4n) is 2.26. The molecule has 1 atom stereocenters. The summed E-state index contributed by atoms with van der Waals surface area (Å²) < 4.78 is 0. The Hall–Kier alpha value is -1.26. The smallest absolute Gasteiger partial charge is 0.317 e. The van der Waals surface area contributed by atoms with Crippen molar-refractivity contribution in [3.8, 4) is 0 Å². The molecular formula is C14H26N2O3. The van der Waals surface area contributed by atoms with Gasteiger partial charge in [0.1, 0.15) is 0 Å². The summed E-state index contributed by atoms with van der Waals surface area (Å²) in [6.07, 6.45) is 3.67. The van der Waals surface area contributed by atoms with Crippen LogP contribution >= 0.6 is 0 Å². The van der Waals surface area contributed by atoms with Crippen LogP contribution < -0.4 is 5.32 Å². The van der Waals surface area contributed by atoms with Gasteiger partial charge >= 0.3 is 12.0 Å². The molecule has 0 aliphatic carbocycles. The highest BCUT2D eigenvalue weighted by Gasteiger charge is 2.25. The molecule has 110 valence electrons. The number of carboxylic acids is 1. The normalized spacial score (nSPS) is 20.5. The first kappa shape index (κ1) is 15.8. The summed E-state index contributed by atoms with van der Waals surface area (Å²) in [6.45, 7) is 8.14. The van der Waals surface area contributed by atoms with Crippen molar-refractivity contribution in [2.24, 2.45) is 11.3 Å². The predicted molar refractivity (Wildman–Crippen MR) is 74.0 cm³/mol. The number of rotatable bonds is 4. The Kier molecular flexibility index (Phi) is 5.63. The Morgan fingerprint density at radius 1 is 1.32 bits per heavy atom. The van der Waals surface area contributed by atoms with Crippen LogP contribution in [-0.4, -0.2) is 41.6 Å². The second-order valence-electron chi connectivity index (χ2n) is 6.26. The van der Waals surface area contributed by atoms with Gasteiger partial charge in [0.2, 0.25) is 0 Å². The van der Waals surface area contributed by atoms with E-state index >= 15 is 0 Å². The lowest BCUT2D eigenvalue weighted by molar-refractivity contribution is -0.141. The zero-order valence-corrected chi connectivity index (χ0v) is 12.2. The zero-order valence-electron chi connectivity index (χ0n) is 12.2. The average Bonchev–Trinajstić information content (AvgIpc) is 2.49. The Labute approximate surface area is 115 Å². The van der Waals surface area contributed by atoms with E-state index in [0.29, 0.717) is 18.4 Å². The van der Waals surface area contributed by atoms with E-state index in [1.807, 2.05) is 4.90 Å². The number of carbonyl (C=O) groups is 2. The third-order valence-corrected chi connectivity index (χ3v) is 3.90. The number of carboxylic acid groups (broad SMARTS) is 1. The number of nitrogens with one attached hydrogen (secondary N) is 1. The van der Waals surface area contributed by atoms with Gasteiger partial charge in [-0.1, -0.05) is 20.8 Å². The van der Waals surface area contributed by atoms with Crippen molar-refractivity contribution in [2.75, 3.05) is 19.6 Å². The average molecular weight is 270 g/mol. The molecule has 1 heterocycles. The highest BCUT2D eigenvalue weighted by atomic mass is 16.4.